The van der Waals surface area contributed by atoms with Crippen molar-refractivity contribution in [2.45, 2.75) is 44.9 Å². The summed E-state index contributed by atoms with van der Waals surface area (Å²) in [5, 5.41) is 6.75. The molecule has 1 amide bonds. The molecule has 1 saturated carbocycles. The van der Waals surface area contributed by atoms with Crippen LogP contribution in [0.15, 0.2) is 18.2 Å². The largest absolute Gasteiger partial charge is 0.481 e. The van der Waals surface area contributed by atoms with Crippen LogP contribution in [0.3, 0.4) is 0 Å². The highest BCUT2D eigenvalue weighted by Gasteiger charge is 2.26. The van der Waals surface area contributed by atoms with Crippen LogP contribution in [0.4, 0.5) is 0 Å². The van der Waals surface area contributed by atoms with Gasteiger partial charge in [0, 0.05) is 22.7 Å². The number of rotatable bonds is 6. The molecular formula is C15H21ClN2O2. The minimum atomic E-state index is -0.514. The number of hydrogen-bond donors (Lipinski definition) is 2. The van der Waals surface area contributed by atoms with Gasteiger partial charge in [-0.25, -0.2) is 0 Å². The molecule has 2 N–H and O–H groups in total. The summed E-state index contributed by atoms with van der Waals surface area (Å²) in [6.45, 7) is 3.79. The fourth-order valence-corrected chi connectivity index (χ4v) is 2.09. The van der Waals surface area contributed by atoms with Gasteiger partial charge in [-0.05, 0) is 51.9 Å². The number of hydrogen-bond acceptors (Lipinski definition) is 3. The van der Waals surface area contributed by atoms with E-state index in [-0.39, 0.29) is 11.9 Å². The van der Waals surface area contributed by atoms with Crippen LogP contribution in [-0.4, -0.2) is 25.1 Å². The van der Waals surface area contributed by atoms with Crippen molar-refractivity contribution >= 4 is 17.5 Å². The Labute approximate surface area is 124 Å². The first kappa shape index (κ1) is 15.1. The molecule has 0 aliphatic heterocycles. The molecule has 110 valence electrons. The predicted molar refractivity (Wildman–Crippen MR) is 80.2 cm³/mol. The van der Waals surface area contributed by atoms with E-state index in [2.05, 4.69) is 10.6 Å². The molecule has 1 fully saturated rings. The van der Waals surface area contributed by atoms with E-state index in [1.54, 1.807) is 13.0 Å². The monoisotopic (exact) mass is 296 g/mol. The molecule has 5 heteroatoms. The Morgan fingerprint density at radius 2 is 2.10 bits per heavy atom. The summed E-state index contributed by atoms with van der Waals surface area (Å²) in [5.74, 6) is 0.625. The van der Waals surface area contributed by atoms with Crippen LogP contribution in [0.5, 0.6) is 5.75 Å². The van der Waals surface area contributed by atoms with Gasteiger partial charge in [0.2, 0.25) is 0 Å². The molecule has 0 spiro atoms. The Hall–Kier alpha value is -1.26. The summed E-state index contributed by atoms with van der Waals surface area (Å²) in [5.41, 5.74) is 0.950. The number of halogens is 1. The fourth-order valence-electron chi connectivity index (χ4n) is 1.91. The molecular weight excluding hydrogens is 276 g/mol. The normalized spacial score (nSPS) is 17.4. The lowest BCUT2D eigenvalue weighted by Crippen LogP contribution is -2.37. The van der Waals surface area contributed by atoms with E-state index in [4.69, 9.17) is 16.3 Å². The van der Waals surface area contributed by atoms with Crippen LogP contribution < -0.4 is 15.4 Å². The van der Waals surface area contributed by atoms with Gasteiger partial charge in [0.05, 0.1) is 0 Å². The first-order chi connectivity index (χ1) is 9.51. The van der Waals surface area contributed by atoms with Crippen molar-refractivity contribution in [2.75, 3.05) is 7.05 Å². The van der Waals surface area contributed by atoms with Gasteiger partial charge in [-0.1, -0.05) is 11.6 Å². The van der Waals surface area contributed by atoms with E-state index < -0.39 is 6.10 Å². The van der Waals surface area contributed by atoms with Crippen molar-refractivity contribution in [1.29, 1.82) is 0 Å². The molecule has 20 heavy (non-hydrogen) atoms. The number of carbonyl (C=O) groups is 1. The quantitative estimate of drug-likeness (QED) is 0.848. The summed E-state index contributed by atoms with van der Waals surface area (Å²) < 4.78 is 5.80. The van der Waals surface area contributed by atoms with Crippen molar-refractivity contribution < 1.29 is 9.53 Å². The molecule has 2 atom stereocenters. The Bertz CT molecular complexity index is 489. The lowest BCUT2D eigenvalue weighted by molar-refractivity contribution is -0.127. The SMILES string of the molecule is CNC(C)c1cc(Cl)ccc1OC(C)C(=O)NC1CC1. The van der Waals surface area contributed by atoms with E-state index in [1.165, 1.54) is 0 Å². The average Bonchev–Trinajstić information content (AvgIpc) is 3.23. The molecule has 0 heterocycles. The van der Waals surface area contributed by atoms with Gasteiger partial charge in [0.25, 0.3) is 5.91 Å². The van der Waals surface area contributed by atoms with Crippen molar-refractivity contribution in [1.82, 2.24) is 10.6 Å². The second-order valence-corrected chi connectivity index (χ2v) is 5.67. The van der Waals surface area contributed by atoms with Gasteiger partial charge in [-0.15, -0.1) is 0 Å². The van der Waals surface area contributed by atoms with Crippen molar-refractivity contribution in [3.8, 4) is 5.75 Å². The zero-order valence-corrected chi connectivity index (χ0v) is 12.8. The third kappa shape index (κ3) is 3.87. The number of benzene rings is 1. The molecule has 0 saturated heterocycles. The Morgan fingerprint density at radius 1 is 1.40 bits per heavy atom. The zero-order chi connectivity index (χ0) is 14.7. The van der Waals surface area contributed by atoms with Crippen LogP contribution in [0.1, 0.15) is 38.3 Å². The third-order valence-electron chi connectivity index (χ3n) is 3.47. The molecule has 1 aromatic carbocycles. The Balaban J connectivity index is 2.08. The standard InChI is InChI=1S/C15H21ClN2O2/c1-9(17-3)13-8-11(16)4-7-14(13)20-10(2)15(19)18-12-5-6-12/h4,7-10,12,17H,5-6H2,1-3H3,(H,18,19). The Kier molecular flexibility index (Phi) is 4.89. The minimum Gasteiger partial charge on any atom is -0.481 e. The molecule has 0 radical (unpaired) electrons. The van der Waals surface area contributed by atoms with Gasteiger partial charge in [0.15, 0.2) is 6.10 Å². The lowest BCUT2D eigenvalue weighted by Gasteiger charge is -2.20. The van der Waals surface area contributed by atoms with E-state index in [9.17, 15) is 4.79 Å². The maximum Gasteiger partial charge on any atom is 0.260 e. The number of ether oxygens (including phenoxy) is 1. The maximum absolute atomic E-state index is 11.9. The average molecular weight is 297 g/mol. The molecule has 1 aromatic rings. The zero-order valence-electron chi connectivity index (χ0n) is 12.1. The maximum atomic E-state index is 11.9. The van der Waals surface area contributed by atoms with Gasteiger partial charge < -0.3 is 15.4 Å². The van der Waals surface area contributed by atoms with Crippen LogP contribution >= 0.6 is 11.6 Å². The van der Waals surface area contributed by atoms with Gasteiger partial charge in [-0.3, -0.25) is 4.79 Å². The van der Waals surface area contributed by atoms with Crippen molar-refractivity contribution in [2.24, 2.45) is 0 Å². The highest BCUT2D eigenvalue weighted by Crippen LogP contribution is 2.29. The van der Waals surface area contributed by atoms with E-state index in [0.29, 0.717) is 16.8 Å². The lowest BCUT2D eigenvalue weighted by atomic mass is 10.1. The molecule has 2 unspecified atom stereocenters. The summed E-state index contributed by atoms with van der Waals surface area (Å²) in [6, 6.07) is 5.89. The first-order valence-electron chi connectivity index (χ1n) is 6.95. The summed E-state index contributed by atoms with van der Waals surface area (Å²) in [6.07, 6.45) is 1.63. The van der Waals surface area contributed by atoms with E-state index >= 15 is 0 Å². The van der Waals surface area contributed by atoms with Crippen molar-refractivity contribution in [3.05, 3.63) is 28.8 Å². The van der Waals surface area contributed by atoms with Crippen LogP contribution in [0, 0.1) is 0 Å². The summed E-state index contributed by atoms with van der Waals surface area (Å²) >= 11 is 6.03. The van der Waals surface area contributed by atoms with Gasteiger partial charge in [0.1, 0.15) is 5.75 Å². The molecule has 0 aromatic heterocycles. The van der Waals surface area contributed by atoms with Crippen LogP contribution in [0.2, 0.25) is 5.02 Å². The summed E-state index contributed by atoms with van der Waals surface area (Å²) in [4.78, 5) is 11.9. The fraction of sp³-hybridized carbons (Fsp3) is 0.533. The smallest absolute Gasteiger partial charge is 0.260 e. The second-order valence-electron chi connectivity index (χ2n) is 5.24. The number of carbonyl (C=O) groups excluding carboxylic acids is 1. The molecule has 4 nitrogen and oxygen atoms in total. The van der Waals surface area contributed by atoms with E-state index in [0.717, 1.165) is 18.4 Å². The molecule has 0 bridgehead atoms. The number of amides is 1. The Morgan fingerprint density at radius 3 is 2.70 bits per heavy atom. The van der Waals surface area contributed by atoms with Crippen LogP contribution in [0.25, 0.3) is 0 Å². The third-order valence-corrected chi connectivity index (χ3v) is 3.70. The van der Waals surface area contributed by atoms with Crippen LogP contribution in [-0.2, 0) is 4.79 Å². The van der Waals surface area contributed by atoms with Gasteiger partial charge >= 0.3 is 0 Å². The van der Waals surface area contributed by atoms with Crippen molar-refractivity contribution in [3.63, 3.8) is 0 Å². The van der Waals surface area contributed by atoms with Gasteiger partial charge in [-0.2, -0.15) is 0 Å². The molecule has 1 aliphatic rings. The topological polar surface area (TPSA) is 50.4 Å². The molecule has 2 rings (SSSR count). The molecule has 1 aliphatic carbocycles. The summed E-state index contributed by atoms with van der Waals surface area (Å²) in [7, 11) is 1.87. The first-order valence-corrected chi connectivity index (χ1v) is 7.32. The highest BCUT2D eigenvalue weighted by atomic mass is 35.5. The highest BCUT2D eigenvalue weighted by molar-refractivity contribution is 6.30. The second kappa shape index (κ2) is 6.46. The van der Waals surface area contributed by atoms with E-state index in [1.807, 2.05) is 26.1 Å². The minimum absolute atomic E-state index is 0.0643. The predicted octanol–water partition coefficient (Wildman–Crippen LogP) is 2.67. The number of nitrogens with one attached hydrogen (secondary N) is 2.